The maximum absolute atomic E-state index is 5.51. The first-order valence-corrected chi connectivity index (χ1v) is 9.69. The number of benzene rings is 3. The Bertz CT molecular complexity index is 922. The van der Waals surface area contributed by atoms with E-state index in [9.17, 15) is 0 Å². The summed E-state index contributed by atoms with van der Waals surface area (Å²) in [4.78, 5) is 2.41. The highest BCUT2D eigenvalue weighted by Crippen LogP contribution is 2.41. The minimum Gasteiger partial charge on any atom is -0.351 e. The number of hydrogen-bond donors (Lipinski definition) is 2. The summed E-state index contributed by atoms with van der Waals surface area (Å²) in [5.41, 5.74) is 3.40. The van der Waals surface area contributed by atoms with Crippen molar-refractivity contribution in [3.63, 3.8) is 0 Å². The van der Waals surface area contributed by atoms with E-state index in [1.807, 2.05) is 18.2 Å². The molecule has 0 spiro atoms. The van der Waals surface area contributed by atoms with Crippen LogP contribution in [0, 0.1) is 0 Å². The van der Waals surface area contributed by atoms with Gasteiger partial charge in [0, 0.05) is 9.80 Å². The van der Waals surface area contributed by atoms with Crippen LogP contribution in [0.15, 0.2) is 101 Å². The lowest BCUT2D eigenvalue weighted by atomic mass is 10.0. The molecule has 2 nitrogen and oxygen atoms in total. The summed E-state index contributed by atoms with van der Waals surface area (Å²) in [6.07, 6.45) is 0. The van der Waals surface area contributed by atoms with E-state index in [2.05, 4.69) is 83.4 Å². The molecule has 1 aliphatic rings. The topological polar surface area (TPSA) is 24.1 Å². The van der Waals surface area contributed by atoms with E-state index < -0.39 is 0 Å². The van der Waals surface area contributed by atoms with Crippen LogP contribution in [-0.2, 0) is 0 Å². The Morgan fingerprint density at radius 2 is 1.31 bits per heavy atom. The van der Waals surface area contributed by atoms with Crippen molar-refractivity contribution in [2.45, 2.75) is 10.9 Å². The van der Waals surface area contributed by atoms with Crippen LogP contribution in [0.5, 0.6) is 0 Å². The average molecular weight is 375 g/mol. The fourth-order valence-electron chi connectivity index (χ4n) is 2.98. The van der Waals surface area contributed by atoms with Gasteiger partial charge in [0.2, 0.25) is 0 Å². The van der Waals surface area contributed by atoms with Gasteiger partial charge in [-0.15, -0.1) is 0 Å². The second-order valence-electron chi connectivity index (χ2n) is 5.96. The number of thiocarbonyl (C=S) groups is 1. The SMILES string of the molecule is S=C1NC(c2ccccc2)=C(Sc2ccccc2)C(c2ccccc2)N1. The van der Waals surface area contributed by atoms with Crippen LogP contribution in [0.1, 0.15) is 17.2 Å². The molecule has 0 aliphatic carbocycles. The first-order chi connectivity index (χ1) is 12.8. The van der Waals surface area contributed by atoms with Gasteiger partial charge in [-0.1, -0.05) is 90.6 Å². The van der Waals surface area contributed by atoms with Crippen molar-refractivity contribution in [1.29, 1.82) is 0 Å². The van der Waals surface area contributed by atoms with E-state index in [-0.39, 0.29) is 6.04 Å². The summed E-state index contributed by atoms with van der Waals surface area (Å²) in [6, 6.07) is 31.3. The standard InChI is InChI=1S/C22H18N2S2/c25-22-23-19(16-10-4-1-5-11-16)21(26-18-14-8-3-9-15-18)20(24-22)17-12-6-2-7-13-17/h1-15,19H,(H2,23,24,25). The van der Waals surface area contributed by atoms with Crippen LogP contribution in [0.25, 0.3) is 5.70 Å². The molecule has 0 saturated heterocycles. The van der Waals surface area contributed by atoms with Gasteiger partial charge in [-0.05, 0) is 35.5 Å². The lowest BCUT2D eigenvalue weighted by Crippen LogP contribution is -2.42. The summed E-state index contributed by atoms with van der Waals surface area (Å²) in [7, 11) is 0. The molecule has 26 heavy (non-hydrogen) atoms. The van der Waals surface area contributed by atoms with Crippen LogP contribution < -0.4 is 10.6 Å². The molecule has 0 bridgehead atoms. The number of rotatable bonds is 4. The third-order valence-electron chi connectivity index (χ3n) is 4.19. The molecule has 2 N–H and O–H groups in total. The third-order valence-corrected chi connectivity index (χ3v) is 5.58. The molecule has 0 amide bonds. The summed E-state index contributed by atoms with van der Waals surface area (Å²) in [5, 5.41) is 7.47. The van der Waals surface area contributed by atoms with E-state index >= 15 is 0 Å². The Labute approximate surface area is 163 Å². The Morgan fingerprint density at radius 1 is 0.731 bits per heavy atom. The van der Waals surface area contributed by atoms with Crippen LogP contribution >= 0.6 is 24.0 Å². The molecule has 1 aliphatic heterocycles. The number of hydrogen-bond acceptors (Lipinski definition) is 2. The number of thioether (sulfide) groups is 1. The van der Waals surface area contributed by atoms with Crippen LogP contribution in [0.4, 0.5) is 0 Å². The minimum atomic E-state index is 0.0189. The van der Waals surface area contributed by atoms with Gasteiger partial charge in [0.05, 0.1) is 11.7 Å². The zero-order valence-electron chi connectivity index (χ0n) is 14.1. The smallest absolute Gasteiger partial charge is 0.171 e. The first-order valence-electron chi connectivity index (χ1n) is 8.46. The number of nitrogens with one attached hydrogen (secondary N) is 2. The van der Waals surface area contributed by atoms with E-state index in [1.54, 1.807) is 11.8 Å². The zero-order valence-corrected chi connectivity index (χ0v) is 15.7. The van der Waals surface area contributed by atoms with Crippen molar-refractivity contribution < 1.29 is 0 Å². The van der Waals surface area contributed by atoms with Gasteiger partial charge in [-0.2, -0.15) is 0 Å². The van der Waals surface area contributed by atoms with Crippen LogP contribution in [0.2, 0.25) is 0 Å². The molecule has 4 heteroatoms. The molecule has 0 aromatic heterocycles. The Morgan fingerprint density at radius 3 is 1.96 bits per heavy atom. The molecule has 3 aromatic carbocycles. The molecular weight excluding hydrogens is 356 g/mol. The Hall–Kier alpha value is -2.56. The molecule has 0 saturated carbocycles. The first kappa shape index (κ1) is 16.9. The lowest BCUT2D eigenvalue weighted by molar-refractivity contribution is 0.754. The lowest BCUT2D eigenvalue weighted by Gasteiger charge is -2.32. The van der Waals surface area contributed by atoms with E-state index in [0.29, 0.717) is 5.11 Å². The van der Waals surface area contributed by atoms with Crippen LogP contribution in [-0.4, -0.2) is 5.11 Å². The van der Waals surface area contributed by atoms with Crippen LogP contribution in [0.3, 0.4) is 0 Å². The highest BCUT2D eigenvalue weighted by molar-refractivity contribution is 8.03. The predicted molar refractivity (Wildman–Crippen MR) is 114 cm³/mol. The Balaban J connectivity index is 1.85. The molecule has 0 radical (unpaired) electrons. The van der Waals surface area contributed by atoms with Crippen molar-refractivity contribution in [1.82, 2.24) is 10.6 Å². The Kier molecular flexibility index (Phi) is 5.04. The van der Waals surface area contributed by atoms with E-state index in [1.165, 1.54) is 15.4 Å². The second-order valence-corrected chi connectivity index (χ2v) is 7.49. The van der Waals surface area contributed by atoms with Gasteiger partial charge in [-0.3, -0.25) is 0 Å². The predicted octanol–water partition coefficient (Wildman–Crippen LogP) is 5.37. The highest BCUT2D eigenvalue weighted by atomic mass is 32.2. The molecule has 128 valence electrons. The van der Waals surface area contributed by atoms with E-state index in [0.717, 1.165) is 11.3 Å². The van der Waals surface area contributed by atoms with Gasteiger partial charge in [-0.25, -0.2) is 0 Å². The second kappa shape index (κ2) is 7.77. The monoisotopic (exact) mass is 374 g/mol. The molecule has 1 heterocycles. The normalized spacial score (nSPS) is 16.8. The van der Waals surface area contributed by atoms with Gasteiger partial charge in [0.1, 0.15) is 0 Å². The molecule has 1 atom stereocenters. The van der Waals surface area contributed by atoms with Gasteiger partial charge in [0.15, 0.2) is 5.11 Å². The summed E-state index contributed by atoms with van der Waals surface area (Å²) in [5.74, 6) is 0. The van der Waals surface area contributed by atoms with Gasteiger partial charge >= 0.3 is 0 Å². The summed E-state index contributed by atoms with van der Waals surface area (Å²) in [6.45, 7) is 0. The zero-order chi connectivity index (χ0) is 17.8. The fourth-order valence-corrected chi connectivity index (χ4v) is 4.33. The molecular formula is C22H18N2S2. The highest BCUT2D eigenvalue weighted by Gasteiger charge is 2.28. The van der Waals surface area contributed by atoms with Crippen molar-refractivity contribution in [3.8, 4) is 0 Å². The molecule has 4 rings (SSSR count). The fraction of sp³-hybridized carbons (Fsp3) is 0.0455. The summed E-state index contributed by atoms with van der Waals surface area (Å²) >= 11 is 7.28. The van der Waals surface area contributed by atoms with Crippen molar-refractivity contribution in [3.05, 3.63) is 107 Å². The van der Waals surface area contributed by atoms with E-state index in [4.69, 9.17) is 12.2 Å². The van der Waals surface area contributed by atoms with Gasteiger partial charge in [0.25, 0.3) is 0 Å². The van der Waals surface area contributed by atoms with Crippen molar-refractivity contribution >= 4 is 34.8 Å². The quantitative estimate of drug-likeness (QED) is 0.600. The maximum atomic E-state index is 5.51. The third kappa shape index (κ3) is 3.66. The molecule has 3 aromatic rings. The molecule has 0 fully saturated rings. The largest absolute Gasteiger partial charge is 0.351 e. The van der Waals surface area contributed by atoms with Crippen molar-refractivity contribution in [2.24, 2.45) is 0 Å². The molecule has 1 unspecified atom stereocenters. The maximum Gasteiger partial charge on any atom is 0.171 e. The van der Waals surface area contributed by atoms with Crippen molar-refractivity contribution in [2.75, 3.05) is 0 Å². The average Bonchev–Trinajstić information content (AvgIpc) is 2.71. The minimum absolute atomic E-state index is 0.0189. The van der Waals surface area contributed by atoms with Gasteiger partial charge < -0.3 is 10.6 Å². The summed E-state index contributed by atoms with van der Waals surface area (Å²) < 4.78 is 0.